The summed E-state index contributed by atoms with van der Waals surface area (Å²) in [5, 5.41) is 0. The van der Waals surface area contributed by atoms with E-state index in [-0.39, 0.29) is 42.7 Å². The Hall–Kier alpha value is -0.357. The predicted octanol–water partition coefficient (Wildman–Crippen LogP) is 13.5. The SMILES string of the molecule is CC1(C)CCC(C)(C)c2cc3c(cc21)C1c2cc4c(cc2[C]3([Ge]([Br])([Br])[Br])c2cc3c(cc21)C(C)(C)CCC3(C)C)C(C)(C)CCC4(C)C. The van der Waals surface area contributed by atoms with E-state index in [9.17, 15) is 0 Å². The molecule has 3 aromatic carbocycles. The fraction of sp³-hybridized carbons (Fsp3) is 0.591. The third-order valence-electron chi connectivity index (χ3n) is 14.6. The van der Waals surface area contributed by atoms with Gasteiger partial charge in [-0.3, -0.25) is 0 Å². The van der Waals surface area contributed by atoms with Gasteiger partial charge in [0.15, 0.2) is 0 Å². The van der Waals surface area contributed by atoms with Gasteiger partial charge in [0, 0.05) is 0 Å². The molecular formula is C44H55Br3Ge. The second-order valence-electron chi connectivity index (χ2n) is 20.4. The zero-order chi connectivity index (χ0) is 35.0. The summed E-state index contributed by atoms with van der Waals surface area (Å²) in [6.45, 7) is 30.0. The summed E-state index contributed by atoms with van der Waals surface area (Å²) >= 11 is 13.7. The van der Waals surface area contributed by atoms with Gasteiger partial charge in [0.25, 0.3) is 0 Å². The Morgan fingerprint density at radius 2 is 0.583 bits per heavy atom. The van der Waals surface area contributed by atoms with Crippen molar-refractivity contribution in [2.24, 2.45) is 0 Å². The number of halogens is 3. The molecule has 0 spiro atoms. The van der Waals surface area contributed by atoms with Crippen LogP contribution in [-0.2, 0) is 36.7 Å². The summed E-state index contributed by atoms with van der Waals surface area (Å²) in [6.07, 6.45) is 7.39. The molecular weight excluding hydrogens is 841 g/mol. The van der Waals surface area contributed by atoms with Crippen molar-refractivity contribution in [1.82, 2.24) is 0 Å². The summed E-state index contributed by atoms with van der Waals surface area (Å²) < 4.78 is -0.291. The first-order valence-electron chi connectivity index (χ1n) is 18.5. The molecule has 2 bridgehead atoms. The fourth-order valence-corrected chi connectivity index (χ4v) is 24.3. The Kier molecular flexibility index (Phi) is 7.22. The van der Waals surface area contributed by atoms with Gasteiger partial charge >= 0.3 is 317 Å². The Bertz CT molecular complexity index is 1720. The van der Waals surface area contributed by atoms with Crippen molar-refractivity contribution in [3.8, 4) is 0 Å². The summed E-state index contributed by atoms with van der Waals surface area (Å²) in [6, 6.07) is 16.4. The summed E-state index contributed by atoms with van der Waals surface area (Å²) in [5.74, 6) is 0.243. The van der Waals surface area contributed by atoms with Gasteiger partial charge in [-0.15, -0.1) is 0 Å². The Morgan fingerprint density at radius 3 is 0.792 bits per heavy atom. The number of rotatable bonds is 1. The minimum atomic E-state index is -3.26. The average Bonchev–Trinajstić information content (AvgIpc) is 2.97. The zero-order valence-electron chi connectivity index (χ0n) is 31.4. The zero-order valence-corrected chi connectivity index (χ0v) is 38.3. The van der Waals surface area contributed by atoms with Crippen LogP contribution in [0.3, 0.4) is 0 Å². The predicted molar refractivity (Wildman–Crippen MR) is 219 cm³/mol. The summed E-state index contributed by atoms with van der Waals surface area (Å²) in [7, 11) is -3.26. The number of hydrogen-bond acceptors (Lipinski definition) is 0. The Balaban J connectivity index is 1.58. The van der Waals surface area contributed by atoms with E-state index in [0.29, 0.717) is 0 Å². The van der Waals surface area contributed by atoms with E-state index < -0.39 is 7.74 Å². The second-order valence-corrected chi connectivity index (χ2v) is 59.2. The van der Waals surface area contributed by atoms with Gasteiger partial charge in [-0.05, 0) is 0 Å². The van der Waals surface area contributed by atoms with Gasteiger partial charge in [-0.25, -0.2) is 0 Å². The number of benzene rings is 3. The molecule has 9 rings (SSSR count). The van der Waals surface area contributed by atoms with Gasteiger partial charge in [0.05, 0.1) is 0 Å². The van der Waals surface area contributed by atoms with Crippen molar-refractivity contribution < 1.29 is 0 Å². The van der Waals surface area contributed by atoms with Crippen LogP contribution < -0.4 is 0 Å². The second kappa shape index (κ2) is 9.99. The van der Waals surface area contributed by atoms with Crippen molar-refractivity contribution in [3.63, 3.8) is 0 Å². The monoisotopic (exact) mass is 894 g/mol. The molecule has 0 unspecified atom stereocenters. The third-order valence-corrected chi connectivity index (χ3v) is 27.4. The first-order chi connectivity index (χ1) is 21.9. The fourth-order valence-electron chi connectivity index (χ4n) is 11.0. The first-order valence-corrected chi connectivity index (χ1v) is 34.3. The molecule has 6 aliphatic rings. The molecule has 256 valence electrons. The van der Waals surface area contributed by atoms with Crippen molar-refractivity contribution >= 4 is 49.8 Å². The normalized spacial score (nSPS) is 28.7. The van der Waals surface area contributed by atoms with E-state index in [1.165, 1.54) is 38.5 Å². The molecule has 0 atom stereocenters. The molecule has 0 N–H and O–H groups in total. The number of fused-ring (bicyclic) bond motifs is 3. The van der Waals surface area contributed by atoms with Crippen molar-refractivity contribution in [2.45, 2.75) is 164 Å². The maximum absolute atomic E-state index is 4.55. The summed E-state index contributed by atoms with van der Waals surface area (Å²) in [4.78, 5) is 0. The van der Waals surface area contributed by atoms with E-state index >= 15 is 0 Å². The van der Waals surface area contributed by atoms with Crippen LogP contribution in [0.4, 0.5) is 0 Å². The van der Waals surface area contributed by atoms with Crippen molar-refractivity contribution in [3.05, 3.63) is 103 Å². The van der Waals surface area contributed by atoms with E-state index in [0.717, 1.165) is 0 Å². The van der Waals surface area contributed by atoms with Crippen molar-refractivity contribution in [1.29, 1.82) is 0 Å². The molecule has 0 heterocycles. The molecule has 0 amide bonds. The van der Waals surface area contributed by atoms with Gasteiger partial charge in [0.1, 0.15) is 0 Å². The molecule has 0 fully saturated rings. The molecule has 3 aromatic rings. The van der Waals surface area contributed by atoms with E-state index in [2.05, 4.69) is 161 Å². The van der Waals surface area contributed by atoms with Crippen LogP contribution in [0.25, 0.3) is 0 Å². The molecule has 6 aliphatic carbocycles. The Labute approximate surface area is 314 Å². The molecule has 0 radical (unpaired) electrons. The maximum atomic E-state index is 4.55. The topological polar surface area (TPSA) is 0 Å². The first kappa shape index (κ1) is 34.7. The molecule has 0 aliphatic heterocycles. The molecule has 48 heavy (non-hydrogen) atoms. The Morgan fingerprint density at radius 1 is 0.375 bits per heavy atom. The molecule has 0 aromatic heterocycles. The molecule has 4 heteroatoms. The molecule has 0 saturated heterocycles. The minimum absolute atomic E-state index is 0.147. The molecule has 0 nitrogen and oxygen atoms in total. The van der Waals surface area contributed by atoms with Gasteiger partial charge in [-0.2, -0.15) is 0 Å². The van der Waals surface area contributed by atoms with E-state index in [1.807, 2.05) is 0 Å². The summed E-state index contributed by atoms with van der Waals surface area (Å²) in [5.41, 5.74) is 19.8. The van der Waals surface area contributed by atoms with Crippen LogP contribution in [-0.4, -0.2) is 7.74 Å². The van der Waals surface area contributed by atoms with Crippen LogP contribution >= 0.6 is 42.0 Å². The van der Waals surface area contributed by atoms with Crippen LogP contribution in [0.15, 0.2) is 36.4 Å². The van der Waals surface area contributed by atoms with Crippen LogP contribution in [0, 0.1) is 0 Å². The van der Waals surface area contributed by atoms with Gasteiger partial charge in [-0.1, -0.05) is 0 Å². The number of hydrogen-bond donors (Lipinski definition) is 0. The molecule has 0 saturated carbocycles. The van der Waals surface area contributed by atoms with Crippen LogP contribution in [0.2, 0.25) is 0 Å². The quantitative estimate of drug-likeness (QED) is 0.214. The van der Waals surface area contributed by atoms with Crippen molar-refractivity contribution in [2.75, 3.05) is 0 Å². The third kappa shape index (κ3) is 4.41. The van der Waals surface area contributed by atoms with E-state index in [1.54, 1.807) is 66.8 Å². The van der Waals surface area contributed by atoms with Crippen LogP contribution in [0.5, 0.6) is 0 Å². The van der Waals surface area contributed by atoms with Gasteiger partial charge < -0.3 is 0 Å². The average molecular weight is 896 g/mol. The standard InChI is InChI=1S/C44H55Br3Ge/c1-38(2)13-16-41(7,8)34-22-28-25(19-31(34)38)37-26-20-32-35(42(9,10)17-14-39(32,3)4)23-29(26)44(28,48(45,46)47)30-24-36-33(21-27(30)37)40(5,6)15-18-43(36,11)12/h19-24,37H,13-18H2,1-12H3. The van der Waals surface area contributed by atoms with Gasteiger partial charge in [0.2, 0.25) is 0 Å². The van der Waals surface area contributed by atoms with Crippen LogP contribution in [0.1, 0.15) is 194 Å². The van der Waals surface area contributed by atoms with E-state index in [4.69, 9.17) is 0 Å².